The van der Waals surface area contributed by atoms with Crippen molar-refractivity contribution in [2.45, 2.75) is 6.61 Å². The van der Waals surface area contributed by atoms with Crippen molar-refractivity contribution in [3.63, 3.8) is 0 Å². The summed E-state index contributed by atoms with van der Waals surface area (Å²) in [6.45, 7) is -0.0209. The number of allylic oxidation sites excluding steroid dienone is 1. The van der Waals surface area contributed by atoms with Crippen molar-refractivity contribution in [2.75, 3.05) is 0 Å². The first-order chi connectivity index (χ1) is 12.1. The number of furan rings is 1. The van der Waals surface area contributed by atoms with Gasteiger partial charge in [-0.3, -0.25) is 9.78 Å². The maximum atomic E-state index is 13.5. The summed E-state index contributed by atoms with van der Waals surface area (Å²) in [5, 5.41) is 0. The summed E-state index contributed by atoms with van der Waals surface area (Å²) < 4.78 is 37.0. The molecule has 0 spiro atoms. The van der Waals surface area contributed by atoms with Gasteiger partial charge in [-0.2, -0.15) is 0 Å². The Balaban J connectivity index is 1.60. The quantitative estimate of drug-likeness (QED) is 0.492. The molecule has 3 rings (SSSR count). The molecule has 2 heterocycles. The maximum absolute atomic E-state index is 13.5. The van der Waals surface area contributed by atoms with E-state index in [1.54, 1.807) is 30.5 Å². The average molecular weight is 341 g/mol. The highest BCUT2D eigenvalue weighted by atomic mass is 19.1. The minimum absolute atomic E-state index is 0.0209. The van der Waals surface area contributed by atoms with Gasteiger partial charge in [0, 0.05) is 24.0 Å². The van der Waals surface area contributed by atoms with Crippen LogP contribution in [0.1, 0.15) is 21.9 Å². The van der Waals surface area contributed by atoms with Gasteiger partial charge in [0.1, 0.15) is 23.9 Å². The Bertz CT molecular complexity index is 904. The summed E-state index contributed by atoms with van der Waals surface area (Å²) >= 11 is 0. The zero-order chi connectivity index (χ0) is 17.6. The van der Waals surface area contributed by atoms with E-state index in [0.29, 0.717) is 17.1 Å². The van der Waals surface area contributed by atoms with Gasteiger partial charge in [-0.05, 0) is 48.6 Å². The fourth-order valence-electron chi connectivity index (χ4n) is 2.07. The van der Waals surface area contributed by atoms with Gasteiger partial charge in [0.15, 0.2) is 17.3 Å². The number of halogens is 2. The highest BCUT2D eigenvalue weighted by Gasteiger charge is 2.07. The molecule has 3 aromatic rings. The van der Waals surface area contributed by atoms with Crippen LogP contribution in [0.15, 0.2) is 65.4 Å². The Morgan fingerprint density at radius 3 is 2.84 bits per heavy atom. The third-order valence-electron chi connectivity index (χ3n) is 3.29. The SMILES string of the molecule is O=C(/C=C/c1ccc(COc2ccc(F)cc2F)o1)c1cccnc1. The van der Waals surface area contributed by atoms with Gasteiger partial charge in [0.2, 0.25) is 0 Å². The van der Waals surface area contributed by atoms with Gasteiger partial charge in [0.05, 0.1) is 0 Å². The third-order valence-corrected chi connectivity index (χ3v) is 3.29. The molecule has 0 atom stereocenters. The van der Waals surface area contributed by atoms with Crippen molar-refractivity contribution in [1.82, 2.24) is 4.98 Å². The second-order valence-corrected chi connectivity index (χ2v) is 5.11. The summed E-state index contributed by atoms with van der Waals surface area (Å²) in [4.78, 5) is 15.8. The molecule has 0 saturated heterocycles. The fourth-order valence-corrected chi connectivity index (χ4v) is 2.07. The number of rotatable bonds is 6. The number of nitrogens with zero attached hydrogens (tertiary/aromatic N) is 1. The highest BCUT2D eigenvalue weighted by molar-refractivity contribution is 6.06. The zero-order valence-electron chi connectivity index (χ0n) is 13.0. The number of hydrogen-bond donors (Lipinski definition) is 0. The standard InChI is InChI=1S/C19H13F2NO3/c20-14-3-8-19(17(21)10-14)24-12-16-5-4-15(25-16)6-7-18(23)13-2-1-9-22-11-13/h1-11H,12H2/b7-6+. The van der Waals surface area contributed by atoms with Crippen LogP contribution in [0.3, 0.4) is 0 Å². The number of hydrogen-bond acceptors (Lipinski definition) is 4. The molecule has 126 valence electrons. The highest BCUT2D eigenvalue weighted by Crippen LogP contribution is 2.20. The van der Waals surface area contributed by atoms with Crippen molar-refractivity contribution in [3.8, 4) is 5.75 Å². The van der Waals surface area contributed by atoms with E-state index < -0.39 is 11.6 Å². The van der Waals surface area contributed by atoms with Crippen LogP contribution < -0.4 is 4.74 Å². The Morgan fingerprint density at radius 2 is 2.08 bits per heavy atom. The molecule has 0 aliphatic rings. The van der Waals surface area contributed by atoms with Crippen LogP contribution >= 0.6 is 0 Å². The van der Waals surface area contributed by atoms with E-state index in [-0.39, 0.29) is 18.1 Å². The minimum atomic E-state index is -0.784. The molecule has 0 aliphatic heterocycles. The van der Waals surface area contributed by atoms with E-state index in [9.17, 15) is 13.6 Å². The van der Waals surface area contributed by atoms with Crippen LogP contribution in [0.25, 0.3) is 6.08 Å². The first-order valence-electron chi connectivity index (χ1n) is 7.41. The number of pyridine rings is 1. The van der Waals surface area contributed by atoms with Crippen LogP contribution in [0.2, 0.25) is 0 Å². The number of ketones is 1. The Hall–Kier alpha value is -3.28. The first-order valence-corrected chi connectivity index (χ1v) is 7.41. The average Bonchev–Trinajstić information content (AvgIpc) is 3.07. The summed E-state index contributed by atoms with van der Waals surface area (Å²) in [5.41, 5.74) is 0.473. The van der Waals surface area contributed by atoms with E-state index in [1.807, 2.05) is 0 Å². The van der Waals surface area contributed by atoms with Crippen molar-refractivity contribution < 1.29 is 22.7 Å². The van der Waals surface area contributed by atoms with Crippen molar-refractivity contribution in [2.24, 2.45) is 0 Å². The number of ether oxygens (including phenoxy) is 1. The number of aromatic nitrogens is 1. The van der Waals surface area contributed by atoms with Crippen molar-refractivity contribution in [1.29, 1.82) is 0 Å². The zero-order valence-corrected chi connectivity index (χ0v) is 13.0. The van der Waals surface area contributed by atoms with Crippen LogP contribution in [0, 0.1) is 11.6 Å². The lowest BCUT2D eigenvalue weighted by atomic mass is 10.2. The van der Waals surface area contributed by atoms with Crippen molar-refractivity contribution in [3.05, 3.63) is 89.7 Å². The molecule has 0 saturated carbocycles. The van der Waals surface area contributed by atoms with Crippen LogP contribution in [0.5, 0.6) is 5.75 Å². The van der Waals surface area contributed by atoms with E-state index >= 15 is 0 Å². The largest absolute Gasteiger partial charge is 0.483 e. The van der Waals surface area contributed by atoms with Gasteiger partial charge in [-0.15, -0.1) is 0 Å². The van der Waals surface area contributed by atoms with Gasteiger partial charge in [-0.25, -0.2) is 8.78 Å². The molecular formula is C19H13F2NO3. The summed E-state index contributed by atoms with van der Waals surface area (Å²) in [5.74, 6) is -0.827. The fraction of sp³-hybridized carbons (Fsp3) is 0.0526. The molecule has 4 nitrogen and oxygen atoms in total. The van der Waals surface area contributed by atoms with Crippen LogP contribution in [0.4, 0.5) is 8.78 Å². The molecule has 0 fully saturated rings. The molecule has 0 amide bonds. The minimum Gasteiger partial charge on any atom is -0.483 e. The summed E-state index contributed by atoms with van der Waals surface area (Å²) in [6.07, 6.45) is 5.96. The van der Waals surface area contributed by atoms with Gasteiger partial charge >= 0.3 is 0 Å². The number of carbonyl (C=O) groups is 1. The molecule has 1 aromatic carbocycles. The summed E-state index contributed by atoms with van der Waals surface area (Å²) in [6, 6.07) is 9.72. The van der Waals surface area contributed by atoms with E-state index in [2.05, 4.69) is 4.98 Å². The summed E-state index contributed by atoms with van der Waals surface area (Å²) in [7, 11) is 0. The molecule has 2 aromatic heterocycles. The van der Waals surface area contributed by atoms with Gasteiger partial charge < -0.3 is 9.15 Å². The molecule has 0 aliphatic carbocycles. The predicted molar refractivity (Wildman–Crippen MR) is 87.0 cm³/mol. The molecular weight excluding hydrogens is 328 g/mol. The molecule has 0 unspecified atom stereocenters. The molecule has 25 heavy (non-hydrogen) atoms. The second-order valence-electron chi connectivity index (χ2n) is 5.11. The first kappa shape index (κ1) is 16.6. The van der Waals surface area contributed by atoms with E-state index in [1.165, 1.54) is 24.4 Å². The lowest BCUT2D eigenvalue weighted by molar-refractivity contribution is 0.104. The molecule has 6 heteroatoms. The number of benzene rings is 1. The number of carbonyl (C=O) groups excluding carboxylic acids is 1. The van der Waals surface area contributed by atoms with E-state index in [0.717, 1.165) is 12.1 Å². The molecule has 0 bridgehead atoms. The van der Waals surface area contributed by atoms with Gasteiger partial charge in [-0.1, -0.05) is 0 Å². The van der Waals surface area contributed by atoms with Crippen LogP contribution in [-0.2, 0) is 6.61 Å². The van der Waals surface area contributed by atoms with Crippen molar-refractivity contribution >= 4 is 11.9 Å². The Labute approximate surface area is 142 Å². The van der Waals surface area contributed by atoms with E-state index in [4.69, 9.17) is 9.15 Å². The second kappa shape index (κ2) is 7.53. The topological polar surface area (TPSA) is 52.3 Å². The maximum Gasteiger partial charge on any atom is 0.187 e. The Morgan fingerprint density at radius 1 is 1.20 bits per heavy atom. The lowest BCUT2D eigenvalue weighted by Crippen LogP contribution is -1.96. The molecule has 0 radical (unpaired) electrons. The van der Waals surface area contributed by atoms with Gasteiger partial charge in [0.25, 0.3) is 0 Å². The monoisotopic (exact) mass is 341 g/mol. The normalized spacial score (nSPS) is 11.0. The Kier molecular flexibility index (Phi) is 4.99. The lowest BCUT2D eigenvalue weighted by Gasteiger charge is -2.05. The molecule has 0 N–H and O–H groups in total. The third kappa shape index (κ3) is 4.38. The predicted octanol–water partition coefficient (Wildman–Crippen LogP) is 4.43. The smallest absolute Gasteiger partial charge is 0.187 e. The van der Waals surface area contributed by atoms with Crippen LogP contribution in [-0.4, -0.2) is 10.8 Å².